The quantitative estimate of drug-likeness (QED) is 0.447. The molecule has 206 valence electrons. The third kappa shape index (κ3) is 6.71. The number of benzene rings is 2. The van der Waals surface area contributed by atoms with Crippen molar-refractivity contribution in [1.29, 1.82) is 0 Å². The maximum atomic E-state index is 13.5. The fraction of sp³-hybridized carbons (Fsp3) is 0.333. The Balaban J connectivity index is 1.36. The summed E-state index contributed by atoms with van der Waals surface area (Å²) in [5.41, 5.74) is 1.88. The molecule has 39 heavy (non-hydrogen) atoms. The highest BCUT2D eigenvalue weighted by Crippen LogP contribution is 2.34. The smallest absolute Gasteiger partial charge is 0.342 e. The zero-order valence-electron chi connectivity index (χ0n) is 21.8. The summed E-state index contributed by atoms with van der Waals surface area (Å²) >= 11 is 0. The van der Waals surface area contributed by atoms with Crippen LogP contribution in [0, 0.1) is 5.82 Å². The van der Waals surface area contributed by atoms with Crippen LogP contribution in [0.25, 0.3) is 0 Å². The van der Waals surface area contributed by atoms with Crippen molar-refractivity contribution in [3.05, 3.63) is 71.8 Å². The number of amides is 3. The van der Waals surface area contributed by atoms with Crippen LogP contribution in [0.4, 0.5) is 14.9 Å². The maximum absolute atomic E-state index is 13.5. The fourth-order valence-corrected chi connectivity index (χ4v) is 4.04. The molecule has 2 atom stereocenters. The van der Waals surface area contributed by atoms with E-state index in [2.05, 4.69) is 10.4 Å². The van der Waals surface area contributed by atoms with E-state index >= 15 is 0 Å². The predicted molar refractivity (Wildman–Crippen MR) is 139 cm³/mol. The Morgan fingerprint density at radius 1 is 1.26 bits per heavy atom. The number of aliphatic hydroxyl groups excluding tert-OH is 1. The molecule has 2 heterocycles. The van der Waals surface area contributed by atoms with Crippen molar-refractivity contribution in [3.8, 4) is 11.5 Å². The van der Waals surface area contributed by atoms with Gasteiger partial charge < -0.3 is 29.7 Å². The van der Waals surface area contributed by atoms with E-state index in [1.165, 1.54) is 34.3 Å². The lowest BCUT2D eigenvalue weighted by molar-refractivity contribution is -0.138. The zero-order chi connectivity index (χ0) is 28.1. The van der Waals surface area contributed by atoms with Crippen molar-refractivity contribution in [1.82, 2.24) is 20.0 Å². The molecule has 0 aliphatic carbocycles. The van der Waals surface area contributed by atoms with E-state index in [1.54, 1.807) is 51.5 Å². The Morgan fingerprint density at radius 3 is 2.79 bits per heavy atom. The van der Waals surface area contributed by atoms with Crippen molar-refractivity contribution < 1.29 is 33.4 Å². The number of nitrogens with one attached hydrogen (secondary N) is 1. The molecule has 0 radical (unpaired) electrons. The van der Waals surface area contributed by atoms with Crippen LogP contribution in [0.1, 0.15) is 17.5 Å². The Labute approximate surface area is 224 Å². The van der Waals surface area contributed by atoms with Gasteiger partial charge in [0, 0.05) is 46.2 Å². The summed E-state index contributed by atoms with van der Waals surface area (Å²) < 4.78 is 26.0. The van der Waals surface area contributed by atoms with Crippen molar-refractivity contribution in [2.24, 2.45) is 0 Å². The van der Waals surface area contributed by atoms with Gasteiger partial charge in [0.1, 0.15) is 36.1 Å². The van der Waals surface area contributed by atoms with Crippen molar-refractivity contribution in [3.63, 3.8) is 0 Å². The SMILES string of the molecule is CN(C)C(=O)[C@H](O)CCOc1ccc2c(c1)N(C)C(=O)[C@@H](NC(=O)n1cc(Cc3cccc(F)c3)cn1)CO2. The standard InChI is InChI=1S/C27H30FN5O6/c1-31(2)26(36)23(34)9-10-38-20-7-8-24-22(13-20)32(3)25(35)21(16-39-24)30-27(37)33-15-18(14-29-33)11-17-5-4-6-19(28)12-17/h4-8,12-15,21,23,34H,9-11,16H2,1-3H3,(H,30,37)/t21-,23+/m0/s1. The Kier molecular flexibility index (Phi) is 8.45. The van der Waals surface area contributed by atoms with Crippen LogP contribution in [-0.2, 0) is 16.0 Å². The summed E-state index contributed by atoms with van der Waals surface area (Å²) in [6.07, 6.45) is 2.35. The second-order valence-electron chi connectivity index (χ2n) is 9.33. The van der Waals surface area contributed by atoms with E-state index in [-0.39, 0.29) is 25.5 Å². The minimum Gasteiger partial charge on any atom is -0.493 e. The van der Waals surface area contributed by atoms with Crippen molar-refractivity contribution in [2.45, 2.75) is 25.0 Å². The van der Waals surface area contributed by atoms with Crippen molar-refractivity contribution in [2.75, 3.05) is 39.3 Å². The van der Waals surface area contributed by atoms with Gasteiger partial charge in [0.25, 0.3) is 11.8 Å². The molecule has 2 N–H and O–H groups in total. The maximum Gasteiger partial charge on any atom is 0.342 e. The molecule has 0 unspecified atom stereocenters. The van der Waals surface area contributed by atoms with Crippen LogP contribution in [0.5, 0.6) is 11.5 Å². The monoisotopic (exact) mass is 539 g/mol. The molecule has 1 aliphatic rings. The molecule has 1 aromatic heterocycles. The normalized spacial score (nSPS) is 15.6. The number of nitrogens with zero attached hydrogens (tertiary/aromatic N) is 4. The van der Waals surface area contributed by atoms with Gasteiger partial charge in [-0.15, -0.1) is 0 Å². The van der Waals surface area contributed by atoms with Gasteiger partial charge in [0.2, 0.25) is 0 Å². The summed E-state index contributed by atoms with van der Waals surface area (Å²) in [5.74, 6) is -0.312. The zero-order valence-corrected chi connectivity index (χ0v) is 21.8. The number of rotatable bonds is 8. The molecule has 11 nitrogen and oxygen atoms in total. The first-order valence-corrected chi connectivity index (χ1v) is 12.3. The number of hydrogen-bond donors (Lipinski definition) is 2. The van der Waals surface area contributed by atoms with Crippen LogP contribution in [0.3, 0.4) is 0 Å². The summed E-state index contributed by atoms with van der Waals surface area (Å²) in [6.45, 7) is -0.0137. The Bertz CT molecular complexity index is 1360. The summed E-state index contributed by atoms with van der Waals surface area (Å²) in [7, 11) is 4.68. The van der Waals surface area contributed by atoms with Gasteiger partial charge in [-0.2, -0.15) is 9.78 Å². The minimum absolute atomic E-state index is 0.0851. The molecule has 0 spiro atoms. The number of hydrogen-bond acceptors (Lipinski definition) is 7. The topological polar surface area (TPSA) is 126 Å². The van der Waals surface area contributed by atoms with Gasteiger partial charge in [-0.3, -0.25) is 9.59 Å². The number of aliphatic hydroxyl groups is 1. The highest BCUT2D eigenvalue weighted by atomic mass is 19.1. The van der Waals surface area contributed by atoms with Gasteiger partial charge in [0.05, 0.1) is 18.5 Å². The number of carbonyl (C=O) groups excluding carboxylic acids is 3. The number of ether oxygens (including phenoxy) is 2. The lowest BCUT2D eigenvalue weighted by Gasteiger charge is -2.21. The Morgan fingerprint density at radius 2 is 2.05 bits per heavy atom. The first kappa shape index (κ1) is 27.6. The molecule has 1 aliphatic heterocycles. The number of carbonyl (C=O) groups is 3. The van der Waals surface area contributed by atoms with Gasteiger partial charge in [-0.05, 0) is 35.4 Å². The summed E-state index contributed by atoms with van der Waals surface area (Å²) in [5, 5.41) is 16.6. The average molecular weight is 540 g/mol. The van der Waals surface area contributed by atoms with E-state index < -0.39 is 30.0 Å². The molecule has 12 heteroatoms. The molecule has 3 amide bonds. The molecular formula is C27H30FN5O6. The predicted octanol–water partition coefficient (Wildman–Crippen LogP) is 1.81. The molecular weight excluding hydrogens is 509 g/mol. The highest BCUT2D eigenvalue weighted by Gasteiger charge is 2.31. The summed E-state index contributed by atoms with van der Waals surface area (Å²) in [4.78, 5) is 40.4. The van der Waals surface area contributed by atoms with Crippen LogP contribution in [-0.4, -0.2) is 84.1 Å². The molecule has 4 rings (SSSR count). The fourth-order valence-electron chi connectivity index (χ4n) is 4.04. The first-order valence-electron chi connectivity index (χ1n) is 12.3. The molecule has 0 fully saturated rings. The van der Waals surface area contributed by atoms with E-state index in [1.807, 2.05) is 0 Å². The molecule has 3 aromatic rings. The Hall–Kier alpha value is -4.45. The van der Waals surface area contributed by atoms with Crippen LogP contribution in [0.15, 0.2) is 54.9 Å². The van der Waals surface area contributed by atoms with Gasteiger partial charge in [-0.25, -0.2) is 9.18 Å². The lowest BCUT2D eigenvalue weighted by Crippen LogP contribution is -2.50. The number of halogens is 1. The van der Waals surface area contributed by atoms with E-state index in [9.17, 15) is 23.9 Å². The second-order valence-corrected chi connectivity index (χ2v) is 9.33. The van der Waals surface area contributed by atoms with E-state index in [0.29, 0.717) is 29.2 Å². The second kappa shape index (κ2) is 11.9. The number of likely N-dealkylation sites (N-methyl/N-ethyl adjacent to an activating group) is 2. The summed E-state index contributed by atoms with van der Waals surface area (Å²) in [6, 6.07) is 9.48. The lowest BCUT2D eigenvalue weighted by atomic mass is 10.1. The van der Waals surface area contributed by atoms with Crippen LogP contribution >= 0.6 is 0 Å². The first-order chi connectivity index (χ1) is 18.6. The largest absolute Gasteiger partial charge is 0.493 e. The van der Waals surface area contributed by atoms with E-state index in [0.717, 1.165) is 10.2 Å². The molecule has 2 aromatic carbocycles. The van der Waals surface area contributed by atoms with Crippen LogP contribution < -0.4 is 19.7 Å². The third-order valence-corrected chi connectivity index (χ3v) is 6.15. The number of aromatic nitrogens is 2. The molecule has 0 saturated carbocycles. The van der Waals surface area contributed by atoms with Crippen molar-refractivity contribution >= 4 is 23.5 Å². The van der Waals surface area contributed by atoms with E-state index in [4.69, 9.17) is 9.47 Å². The van der Waals surface area contributed by atoms with Gasteiger partial charge >= 0.3 is 6.03 Å². The molecule has 0 saturated heterocycles. The molecule has 0 bridgehead atoms. The van der Waals surface area contributed by atoms with Gasteiger partial charge in [-0.1, -0.05) is 12.1 Å². The van der Waals surface area contributed by atoms with Gasteiger partial charge in [0.15, 0.2) is 0 Å². The number of anilines is 1. The number of fused-ring (bicyclic) bond motifs is 1. The van der Waals surface area contributed by atoms with Crippen LogP contribution in [0.2, 0.25) is 0 Å². The minimum atomic E-state index is -1.18. The third-order valence-electron chi connectivity index (χ3n) is 6.15. The average Bonchev–Trinajstić information content (AvgIpc) is 3.34. The highest BCUT2D eigenvalue weighted by molar-refractivity contribution is 6.00.